The summed E-state index contributed by atoms with van der Waals surface area (Å²) >= 11 is 5.01. The van der Waals surface area contributed by atoms with E-state index in [-0.39, 0.29) is 0 Å². The van der Waals surface area contributed by atoms with Crippen molar-refractivity contribution in [3.63, 3.8) is 0 Å². The number of hydrogen-bond donors (Lipinski definition) is 2. The molecule has 88 valence electrons. The smallest absolute Gasteiger partial charge is 0.106 e. The van der Waals surface area contributed by atoms with Gasteiger partial charge in [0.1, 0.15) is 4.99 Å². The first kappa shape index (κ1) is 11.6. The van der Waals surface area contributed by atoms with Crippen molar-refractivity contribution in [2.24, 2.45) is 12.8 Å². The molecule has 0 unspecified atom stereocenters. The van der Waals surface area contributed by atoms with E-state index in [9.17, 15) is 0 Å². The number of nitrogens with two attached hydrogens (primary N) is 1. The van der Waals surface area contributed by atoms with E-state index < -0.39 is 0 Å². The standard InChI is InChI=1S/C12H14N4S/c1-16-8-9(7-15-16)6-14-11-5-3-2-4-10(11)12(13)17/h2-5,7-8,14H,6H2,1H3,(H2,13,17). The lowest BCUT2D eigenvalue weighted by atomic mass is 10.1. The topological polar surface area (TPSA) is 55.9 Å². The largest absolute Gasteiger partial charge is 0.389 e. The average Bonchev–Trinajstić information content (AvgIpc) is 2.73. The Bertz CT molecular complexity index is 533. The molecule has 0 aliphatic rings. The van der Waals surface area contributed by atoms with E-state index in [4.69, 9.17) is 18.0 Å². The van der Waals surface area contributed by atoms with Crippen molar-refractivity contribution in [3.8, 4) is 0 Å². The molecule has 3 N–H and O–H groups in total. The Morgan fingerprint density at radius 2 is 2.24 bits per heavy atom. The van der Waals surface area contributed by atoms with Gasteiger partial charge in [0.05, 0.1) is 6.20 Å². The third-order valence-corrected chi connectivity index (χ3v) is 2.65. The molecule has 0 aliphatic carbocycles. The van der Waals surface area contributed by atoms with E-state index in [0.717, 1.165) is 16.8 Å². The molecule has 0 fully saturated rings. The second kappa shape index (κ2) is 4.97. The van der Waals surface area contributed by atoms with Gasteiger partial charge in [-0.15, -0.1) is 0 Å². The molecule has 2 rings (SSSR count). The number of aryl methyl sites for hydroxylation is 1. The van der Waals surface area contributed by atoms with E-state index >= 15 is 0 Å². The van der Waals surface area contributed by atoms with Crippen LogP contribution in [0, 0.1) is 0 Å². The zero-order chi connectivity index (χ0) is 12.3. The first-order chi connectivity index (χ1) is 8.16. The van der Waals surface area contributed by atoms with Crippen LogP contribution in [0.15, 0.2) is 36.7 Å². The number of nitrogens with one attached hydrogen (secondary N) is 1. The Balaban J connectivity index is 2.11. The predicted molar refractivity (Wildman–Crippen MR) is 72.9 cm³/mol. The minimum absolute atomic E-state index is 0.402. The number of thiocarbonyl (C=S) groups is 1. The summed E-state index contributed by atoms with van der Waals surface area (Å²) in [6, 6.07) is 7.75. The molecule has 1 aromatic heterocycles. The van der Waals surface area contributed by atoms with E-state index in [1.165, 1.54) is 0 Å². The molecule has 17 heavy (non-hydrogen) atoms. The Hall–Kier alpha value is -1.88. The van der Waals surface area contributed by atoms with Crippen molar-refractivity contribution in [3.05, 3.63) is 47.8 Å². The minimum Gasteiger partial charge on any atom is -0.389 e. The number of rotatable bonds is 4. The highest BCUT2D eigenvalue weighted by molar-refractivity contribution is 7.80. The summed E-state index contributed by atoms with van der Waals surface area (Å²) in [4.78, 5) is 0.402. The van der Waals surface area contributed by atoms with E-state index in [1.807, 2.05) is 43.7 Å². The van der Waals surface area contributed by atoms with Crippen LogP contribution in [-0.4, -0.2) is 14.8 Å². The molecule has 0 atom stereocenters. The number of hydrogen-bond acceptors (Lipinski definition) is 3. The first-order valence-electron chi connectivity index (χ1n) is 5.27. The fourth-order valence-electron chi connectivity index (χ4n) is 1.61. The van der Waals surface area contributed by atoms with Crippen LogP contribution in [0.1, 0.15) is 11.1 Å². The second-order valence-electron chi connectivity index (χ2n) is 3.79. The summed E-state index contributed by atoms with van der Waals surface area (Å²) in [6.45, 7) is 0.702. The molecule has 5 heteroatoms. The monoisotopic (exact) mass is 246 g/mol. The lowest BCUT2D eigenvalue weighted by molar-refractivity contribution is 0.767. The van der Waals surface area contributed by atoms with Gasteiger partial charge in [-0.2, -0.15) is 5.10 Å². The quantitative estimate of drug-likeness (QED) is 0.806. The lowest BCUT2D eigenvalue weighted by Gasteiger charge is -2.09. The highest BCUT2D eigenvalue weighted by Crippen LogP contribution is 2.15. The molecule has 4 nitrogen and oxygen atoms in total. The van der Waals surface area contributed by atoms with Crippen molar-refractivity contribution < 1.29 is 0 Å². The van der Waals surface area contributed by atoms with Crippen molar-refractivity contribution in [2.75, 3.05) is 5.32 Å². The third kappa shape index (κ3) is 2.82. The van der Waals surface area contributed by atoms with Gasteiger partial charge in [0.15, 0.2) is 0 Å². The van der Waals surface area contributed by atoms with Gasteiger partial charge >= 0.3 is 0 Å². The maximum atomic E-state index is 5.66. The summed E-state index contributed by atoms with van der Waals surface area (Å²) in [5.41, 5.74) is 8.59. The van der Waals surface area contributed by atoms with E-state index in [1.54, 1.807) is 4.68 Å². The van der Waals surface area contributed by atoms with Crippen LogP contribution < -0.4 is 11.1 Å². The zero-order valence-corrected chi connectivity index (χ0v) is 10.4. The summed E-state index contributed by atoms with van der Waals surface area (Å²) in [7, 11) is 1.90. The van der Waals surface area contributed by atoms with Crippen molar-refractivity contribution in [1.29, 1.82) is 0 Å². The normalized spacial score (nSPS) is 10.2. The van der Waals surface area contributed by atoms with Gasteiger partial charge in [-0.25, -0.2) is 0 Å². The van der Waals surface area contributed by atoms with Crippen molar-refractivity contribution >= 4 is 22.9 Å². The molecule has 0 radical (unpaired) electrons. The summed E-state index contributed by atoms with van der Waals surface area (Å²) < 4.78 is 1.77. The number of anilines is 1. The van der Waals surface area contributed by atoms with Gasteiger partial charge < -0.3 is 11.1 Å². The molecule has 0 saturated carbocycles. The summed E-state index contributed by atoms with van der Waals surface area (Å²) in [5.74, 6) is 0. The van der Waals surface area contributed by atoms with Gasteiger partial charge in [-0.05, 0) is 12.1 Å². The van der Waals surface area contributed by atoms with Crippen LogP contribution in [0.2, 0.25) is 0 Å². The van der Waals surface area contributed by atoms with Crippen molar-refractivity contribution in [2.45, 2.75) is 6.54 Å². The molecular formula is C12H14N4S. The van der Waals surface area contributed by atoms with Gasteiger partial charge in [-0.3, -0.25) is 4.68 Å². The molecule has 0 bridgehead atoms. The summed E-state index contributed by atoms with van der Waals surface area (Å²) in [6.07, 6.45) is 3.80. The van der Waals surface area contributed by atoms with Crippen LogP contribution in [-0.2, 0) is 13.6 Å². The van der Waals surface area contributed by atoms with Gasteiger partial charge in [0.2, 0.25) is 0 Å². The molecule has 2 aromatic rings. The van der Waals surface area contributed by atoms with Gasteiger partial charge in [-0.1, -0.05) is 24.4 Å². The van der Waals surface area contributed by atoms with Crippen molar-refractivity contribution in [1.82, 2.24) is 9.78 Å². The molecular weight excluding hydrogens is 232 g/mol. The maximum absolute atomic E-state index is 5.66. The SMILES string of the molecule is Cn1cc(CNc2ccccc2C(N)=S)cn1. The fourth-order valence-corrected chi connectivity index (χ4v) is 1.79. The number of nitrogens with zero attached hydrogens (tertiary/aromatic N) is 2. The minimum atomic E-state index is 0.402. The lowest BCUT2D eigenvalue weighted by Crippen LogP contribution is -2.12. The van der Waals surface area contributed by atoms with E-state index in [2.05, 4.69) is 10.4 Å². The summed E-state index contributed by atoms with van der Waals surface area (Å²) in [5, 5.41) is 7.42. The third-order valence-electron chi connectivity index (χ3n) is 2.43. The highest BCUT2D eigenvalue weighted by atomic mass is 32.1. The zero-order valence-electron chi connectivity index (χ0n) is 9.55. The van der Waals surface area contributed by atoms with Crippen LogP contribution >= 0.6 is 12.2 Å². The molecule has 1 aromatic carbocycles. The first-order valence-corrected chi connectivity index (χ1v) is 5.68. The van der Waals surface area contributed by atoms with Crippen LogP contribution in [0.4, 0.5) is 5.69 Å². The number of benzene rings is 1. The molecule has 0 aliphatic heterocycles. The highest BCUT2D eigenvalue weighted by Gasteiger charge is 2.04. The maximum Gasteiger partial charge on any atom is 0.106 e. The molecule has 0 amide bonds. The predicted octanol–water partition coefficient (Wildman–Crippen LogP) is 1.67. The van der Waals surface area contributed by atoms with Crippen LogP contribution in [0.3, 0.4) is 0 Å². The van der Waals surface area contributed by atoms with Crippen LogP contribution in [0.25, 0.3) is 0 Å². The molecule has 0 spiro atoms. The number of para-hydroxylation sites is 1. The Morgan fingerprint density at radius 1 is 1.47 bits per heavy atom. The average molecular weight is 246 g/mol. The Kier molecular flexibility index (Phi) is 3.39. The molecule has 1 heterocycles. The second-order valence-corrected chi connectivity index (χ2v) is 4.23. The van der Waals surface area contributed by atoms with E-state index in [0.29, 0.717) is 11.5 Å². The fraction of sp³-hybridized carbons (Fsp3) is 0.167. The Morgan fingerprint density at radius 3 is 2.88 bits per heavy atom. The van der Waals surface area contributed by atoms with Crippen LogP contribution in [0.5, 0.6) is 0 Å². The van der Waals surface area contributed by atoms with Gasteiger partial charge in [0, 0.05) is 36.6 Å². The molecule has 0 saturated heterocycles. The Labute approximate surface area is 105 Å². The number of aromatic nitrogens is 2. The van der Waals surface area contributed by atoms with Gasteiger partial charge in [0.25, 0.3) is 0 Å².